The Balaban J connectivity index is 2.57. The van der Waals surface area contributed by atoms with Crippen molar-refractivity contribution >= 4 is 5.97 Å². The van der Waals surface area contributed by atoms with Gasteiger partial charge in [0.1, 0.15) is 11.4 Å². The molecular formula is C12H14N4O3. The molecule has 19 heavy (non-hydrogen) atoms. The molecule has 0 saturated carbocycles. The maximum absolute atomic E-state index is 11.2. The largest absolute Gasteiger partial charge is 0.497 e. The third-order valence-electron chi connectivity index (χ3n) is 2.62. The number of ether oxygens (including phenoxy) is 1. The highest BCUT2D eigenvalue weighted by Gasteiger charge is 2.20. The Hall–Kier alpha value is -2.41. The molecule has 0 unspecified atom stereocenters. The summed E-state index contributed by atoms with van der Waals surface area (Å²) in [6, 6.07) is 7.07. The number of methoxy groups -OCH3 is 1. The number of carbonyl (C=O) groups is 1. The number of aromatic carboxylic acids is 1. The van der Waals surface area contributed by atoms with Crippen LogP contribution >= 0.6 is 0 Å². The van der Waals surface area contributed by atoms with Crippen molar-refractivity contribution in [1.29, 1.82) is 0 Å². The van der Waals surface area contributed by atoms with Crippen LogP contribution in [0.15, 0.2) is 24.3 Å². The lowest BCUT2D eigenvalue weighted by atomic mass is 10.1. The van der Waals surface area contributed by atoms with E-state index >= 15 is 0 Å². The molecule has 0 fully saturated rings. The van der Waals surface area contributed by atoms with Gasteiger partial charge < -0.3 is 15.6 Å². The van der Waals surface area contributed by atoms with Crippen LogP contribution in [0.1, 0.15) is 10.5 Å². The fourth-order valence-corrected chi connectivity index (χ4v) is 1.79. The van der Waals surface area contributed by atoms with E-state index in [1.54, 1.807) is 31.4 Å². The van der Waals surface area contributed by atoms with Crippen LogP contribution in [0.4, 0.5) is 0 Å². The molecule has 2 aromatic rings. The van der Waals surface area contributed by atoms with Gasteiger partial charge in [-0.25, -0.2) is 9.48 Å². The summed E-state index contributed by atoms with van der Waals surface area (Å²) in [5.41, 5.74) is 6.50. The van der Waals surface area contributed by atoms with Crippen molar-refractivity contribution in [2.45, 2.75) is 6.54 Å². The minimum atomic E-state index is -1.12. The molecule has 1 heterocycles. The monoisotopic (exact) mass is 262 g/mol. The van der Waals surface area contributed by atoms with Crippen molar-refractivity contribution in [3.05, 3.63) is 30.0 Å². The summed E-state index contributed by atoms with van der Waals surface area (Å²) >= 11 is 0. The summed E-state index contributed by atoms with van der Waals surface area (Å²) in [5.74, 6) is -0.490. The van der Waals surface area contributed by atoms with Gasteiger partial charge in [0, 0.05) is 12.1 Å². The number of carboxylic acids is 1. The molecule has 0 atom stereocenters. The van der Waals surface area contributed by atoms with E-state index in [0.29, 0.717) is 30.1 Å². The topological polar surface area (TPSA) is 103 Å². The maximum atomic E-state index is 11.2. The molecule has 100 valence electrons. The number of nitrogens with zero attached hydrogens (tertiary/aromatic N) is 3. The molecule has 0 aliphatic carbocycles. The van der Waals surface area contributed by atoms with E-state index in [0.717, 1.165) is 0 Å². The number of nitrogens with two attached hydrogens (primary N) is 1. The molecule has 1 aromatic carbocycles. The van der Waals surface area contributed by atoms with Gasteiger partial charge in [0.15, 0.2) is 5.69 Å². The first-order valence-electron chi connectivity index (χ1n) is 5.68. The van der Waals surface area contributed by atoms with E-state index < -0.39 is 5.97 Å². The molecule has 0 spiro atoms. The fourth-order valence-electron chi connectivity index (χ4n) is 1.79. The van der Waals surface area contributed by atoms with Gasteiger partial charge in [0.05, 0.1) is 13.7 Å². The van der Waals surface area contributed by atoms with E-state index in [9.17, 15) is 4.79 Å². The van der Waals surface area contributed by atoms with Gasteiger partial charge in [-0.05, 0) is 12.1 Å². The van der Waals surface area contributed by atoms with Crippen LogP contribution in [-0.4, -0.2) is 39.7 Å². The molecule has 0 amide bonds. The highest BCUT2D eigenvalue weighted by atomic mass is 16.5. The van der Waals surface area contributed by atoms with E-state index in [4.69, 9.17) is 15.6 Å². The van der Waals surface area contributed by atoms with Crippen LogP contribution < -0.4 is 10.5 Å². The van der Waals surface area contributed by atoms with Crippen molar-refractivity contribution in [1.82, 2.24) is 15.0 Å². The normalized spacial score (nSPS) is 10.4. The first-order valence-corrected chi connectivity index (χ1v) is 5.68. The standard InChI is InChI=1S/C12H14N4O3/c1-19-9-4-2-3-8(7-9)11-10(12(17)18)14-15-16(11)6-5-13/h2-4,7H,5-6,13H2,1H3,(H,17,18). The number of hydrogen-bond donors (Lipinski definition) is 2. The number of carboxylic acid groups (broad SMARTS) is 1. The second-order valence-electron chi connectivity index (χ2n) is 3.84. The average Bonchev–Trinajstić information content (AvgIpc) is 2.83. The van der Waals surface area contributed by atoms with Gasteiger partial charge in [-0.15, -0.1) is 5.10 Å². The maximum Gasteiger partial charge on any atom is 0.358 e. The number of hydrogen-bond acceptors (Lipinski definition) is 5. The van der Waals surface area contributed by atoms with Crippen LogP contribution in [-0.2, 0) is 6.54 Å². The quantitative estimate of drug-likeness (QED) is 0.818. The summed E-state index contributed by atoms with van der Waals surface area (Å²) in [5, 5.41) is 16.7. The first-order chi connectivity index (χ1) is 9.17. The van der Waals surface area contributed by atoms with Crippen molar-refractivity contribution in [3.63, 3.8) is 0 Å². The van der Waals surface area contributed by atoms with Gasteiger partial charge in [-0.2, -0.15) is 0 Å². The van der Waals surface area contributed by atoms with Crippen molar-refractivity contribution in [2.75, 3.05) is 13.7 Å². The average molecular weight is 262 g/mol. The molecule has 0 saturated heterocycles. The minimum absolute atomic E-state index is 0.0956. The molecule has 7 heteroatoms. The molecule has 0 radical (unpaired) electrons. The number of rotatable bonds is 5. The lowest BCUT2D eigenvalue weighted by molar-refractivity contribution is 0.0691. The Morgan fingerprint density at radius 1 is 1.53 bits per heavy atom. The number of benzene rings is 1. The molecule has 7 nitrogen and oxygen atoms in total. The van der Waals surface area contributed by atoms with Crippen molar-refractivity contribution in [3.8, 4) is 17.0 Å². The molecular weight excluding hydrogens is 248 g/mol. The first kappa shape index (κ1) is 13.0. The zero-order chi connectivity index (χ0) is 13.8. The van der Waals surface area contributed by atoms with E-state index in [1.165, 1.54) is 4.68 Å². The van der Waals surface area contributed by atoms with Crippen LogP contribution in [0, 0.1) is 0 Å². The highest BCUT2D eigenvalue weighted by molar-refractivity contribution is 5.92. The van der Waals surface area contributed by atoms with Crippen molar-refractivity contribution in [2.24, 2.45) is 5.73 Å². The predicted molar refractivity (Wildman–Crippen MR) is 68.0 cm³/mol. The highest BCUT2D eigenvalue weighted by Crippen LogP contribution is 2.25. The lowest BCUT2D eigenvalue weighted by Gasteiger charge is -2.07. The fraction of sp³-hybridized carbons (Fsp3) is 0.250. The second-order valence-corrected chi connectivity index (χ2v) is 3.84. The van der Waals surface area contributed by atoms with Crippen LogP contribution in [0.2, 0.25) is 0 Å². The Morgan fingerprint density at radius 2 is 2.32 bits per heavy atom. The molecule has 1 aromatic heterocycles. The summed E-state index contributed by atoms with van der Waals surface area (Å²) in [7, 11) is 1.55. The summed E-state index contributed by atoms with van der Waals surface area (Å²) in [6.07, 6.45) is 0. The summed E-state index contributed by atoms with van der Waals surface area (Å²) in [4.78, 5) is 11.2. The Kier molecular flexibility index (Phi) is 3.76. The lowest BCUT2D eigenvalue weighted by Crippen LogP contribution is -2.13. The van der Waals surface area contributed by atoms with Crippen molar-refractivity contribution < 1.29 is 14.6 Å². The van der Waals surface area contributed by atoms with Gasteiger partial charge >= 0.3 is 5.97 Å². The Bertz CT molecular complexity index is 594. The summed E-state index contributed by atoms with van der Waals surface area (Å²) in [6.45, 7) is 0.742. The molecule has 0 bridgehead atoms. The van der Waals surface area contributed by atoms with Gasteiger partial charge in [0.25, 0.3) is 0 Å². The minimum Gasteiger partial charge on any atom is -0.497 e. The Morgan fingerprint density at radius 3 is 2.95 bits per heavy atom. The predicted octanol–water partition coefficient (Wildman–Crippen LogP) is 0.611. The molecule has 2 rings (SSSR count). The van der Waals surface area contributed by atoms with Crippen LogP contribution in [0.25, 0.3) is 11.3 Å². The van der Waals surface area contributed by atoms with Crippen LogP contribution in [0.5, 0.6) is 5.75 Å². The zero-order valence-electron chi connectivity index (χ0n) is 10.4. The SMILES string of the molecule is COc1cccc(-c2c(C(=O)O)nnn2CCN)c1. The molecule has 0 aliphatic heterocycles. The number of aromatic nitrogens is 3. The Labute approximate surface area is 109 Å². The summed E-state index contributed by atoms with van der Waals surface area (Å²) < 4.78 is 6.62. The van der Waals surface area contributed by atoms with Gasteiger partial charge in [-0.1, -0.05) is 17.3 Å². The molecule has 3 N–H and O–H groups in total. The molecule has 0 aliphatic rings. The van der Waals surface area contributed by atoms with E-state index in [-0.39, 0.29) is 5.69 Å². The third kappa shape index (κ3) is 2.55. The smallest absolute Gasteiger partial charge is 0.358 e. The third-order valence-corrected chi connectivity index (χ3v) is 2.62. The van der Waals surface area contributed by atoms with Crippen LogP contribution in [0.3, 0.4) is 0 Å². The van der Waals surface area contributed by atoms with Gasteiger partial charge in [-0.3, -0.25) is 0 Å². The van der Waals surface area contributed by atoms with E-state index in [1.807, 2.05) is 0 Å². The second kappa shape index (κ2) is 5.49. The van der Waals surface area contributed by atoms with Gasteiger partial charge in [0.2, 0.25) is 0 Å². The zero-order valence-corrected chi connectivity index (χ0v) is 10.4. The van der Waals surface area contributed by atoms with E-state index in [2.05, 4.69) is 10.3 Å².